The molecule has 3 heterocycles. The van der Waals surface area contributed by atoms with Gasteiger partial charge in [-0.1, -0.05) is 92.4 Å². The van der Waals surface area contributed by atoms with Crippen LogP contribution >= 0.6 is 11.8 Å². The molecule has 0 atom stereocenters. The smallest absolute Gasteiger partial charge is 0.258 e. The quantitative estimate of drug-likeness (QED) is 0.156. The molecule has 4 aliphatic carbocycles. The maximum absolute atomic E-state index is 14.8. The summed E-state index contributed by atoms with van der Waals surface area (Å²) in [7, 11) is 0. The maximum Gasteiger partial charge on any atom is 0.258 e. The second-order valence-electron chi connectivity index (χ2n) is 14.1. The molecule has 2 aromatic carbocycles. The zero-order valence-electron chi connectivity index (χ0n) is 26.5. The van der Waals surface area contributed by atoms with E-state index in [2.05, 4.69) is 41.4 Å². The van der Waals surface area contributed by atoms with Gasteiger partial charge in [-0.25, -0.2) is 9.97 Å². The van der Waals surface area contributed by atoms with Crippen molar-refractivity contribution in [3.63, 3.8) is 0 Å². The predicted molar refractivity (Wildman–Crippen MR) is 184 cm³/mol. The van der Waals surface area contributed by atoms with Gasteiger partial charge in [-0.15, -0.1) is 0 Å². The van der Waals surface area contributed by atoms with E-state index in [1.54, 1.807) is 10.8 Å². The summed E-state index contributed by atoms with van der Waals surface area (Å²) in [5.74, 6) is 1.70. The molecule has 2 saturated carbocycles. The first-order valence-electron chi connectivity index (χ1n) is 17.1. The number of aromatic nitrogens is 4. The first-order chi connectivity index (χ1) is 23.0. The number of hydrogen-bond acceptors (Lipinski definition) is 6. The van der Waals surface area contributed by atoms with Gasteiger partial charge in [0.2, 0.25) is 0 Å². The summed E-state index contributed by atoms with van der Waals surface area (Å²) < 4.78 is 7.55. The highest BCUT2D eigenvalue weighted by Crippen LogP contribution is 2.51. The lowest BCUT2D eigenvalue weighted by molar-refractivity contribution is 0.282. The Morgan fingerprint density at radius 1 is 0.745 bits per heavy atom. The summed E-state index contributed by atoms with van der Waals surface area (Å²) in [6.45, 7) is 0.302. The first-order valence-corrected chi connectivity index (χ1v) is 18.1. The summed E-state index contributed by atoms with van der Waals surface area (Å²) in [6, 6.07) is 20.6. The molecule has 0 amide bonds. The van der Waals surface area contributed by atoms with Gasteiger partial charge in [-0.2, -0.15) is 0 Å². The van der Waals surface area contributed by atoms with Crippen molar-refractivity contribution in [2.75, 3.05) is 0 Å². The van der Waals surface area contributed by atoms with E-state index in [4.69, 9.17) is 14.4 Å². The Hall–Kier alpha value is -4.17. The van der Waals surface area contributed by atoms with Crippen LogP contribution in [0.4, 0.5) is 0 Å². The summed E-state index contributed by atoms with van der Waals surface area (Å²) in [5.41, 5.74) is 7.70. The lowest BCUT2D eigenvalue weighted by atomic mass is 9.62. The normalized spacial score (nSPS) is 18.5. The molecule has 0 bridgehead atoms. The Balaban J connectivity index is 1.16. The van der Waals surface area contributed by atoms with Crippen LogP contribution in [0.3, 0.4) is 0 Å². The van der Waals surface area contributed by atoms with E-state index in [9.17, 15) is 9.59 Å². The highest BCUT2D eigenvalue weighted by Gasteiger charge is 2.45. The molecule has 238 valence electrons. The van der Waals surface area contributed by atoms with E-state index in [1.165, 1.54) is 29.3 Å². The molecule has 0 radical (unpaired) electrons. The van der Waals surface area contributed by atoms with Gasteiger partial charge in [0.05, 0.1) is 41.1 Å². The number of fused-ring (bicyclic) bond motifs is 8. The van der Waals surface area contributed by atoms with Crippen LogP contribution in [0, 0.1) is 0 Å². The average molecular weight is 643 g/mol. The van der Waals surface area contributed by atoms with E-state index >= 15 is 0 Å². The SMILES string of the molecule is O=c1[nH]c(CSc2nc3c(c(=O)n2Cc2ccco2)C2(CCCCC2)Cc2ccccc2-3)nc2c1C1(CCCC1)Cc1ccccc1-2. The van der Waals surface area contributed by atoms with Gasteiger partial charge >= 0.3 is 0 Å². The van der Waals surface area contributed by atoms with E-state index in [0.717, 1.165) is 97.8 Å². The standard InChI is InChI=1S/C39H38N4O3S/c44-35-31-33(28-14-4-2-11-25(28)21-38(31)18-8-9-19-38)40-30(41-35)24-47-37-42-34-29-15-5-3-12-26(29)22-39(16-6-1-7-17-39)32(34)36(45)43(37)23-27-13-10-20-46-27/h2-5,10-15,20H,1,6-9,16-19,21-24H2,(H,40,41,44). The van der Waals surface area contributed by atoms with Gasteiger partial charge < -0.3 is 9.40 Å². The highest BCUT2D eigenvalue weighted by molar-refractivity contribution is 7.98. The van der Waals surface area contributed by atoms with Gasteiger partial charge in [0, 0.05) is 22.0 Å². The minimum atomic E-state index is -0.199. The second-order valence-corrected chi connectivity index (χ2v) is 15.1. The van der Waals surface area contributed by atoms with Gasteiger partial charge in [0.25, 0.3) is 11.1 Å². The Kier molecular flexibility index (Phi) is 6.93. The van der Waals surface area contributed by atoms with Crippen LogP contribution in [0.2, 0.25) is 0 Å². The minimum absolute atomic E-state index is 0.0225. The third-order valence-corrected chi connectivity index (χ3v) is 12.4. The molecule has 9 rings (SSSR count). The predicted octanol–water partition coefficient (Wildman–Crippen LogP) is 7.72. The number of aromatic amines is 1. The van der Waals surface area contributed by atoms with Crippen LogP contribution in [0.1, 0.15) is 91.6 Å². The fourth-order valence-corrected chi connectivity index (χ4v) is 10.1. The van der Waals surface area contributed by atoms with E-state index in [-0.39, 0.29) is 21.9 Å². The number of thioether (sulfide) groups is 1. The summed E-state index contributed by atoms with van der Waals surface area (Å²) in [5, 5.41) is 0.612. The van der Waals surface area contributed by atoms with Gasteiger partial charge in [0.15, 0.2) is 5.16 Å². The lowest BCUT2D eigenvalue weighted by Gasteiger charge is -2.42. The molecule has 0 aliphatic heterocycles. The zero-order chi connectivity index (χ0) is 31.6. The molecule has 4 aliphatic rings. The van der Waals surface area contributed by atoms with Crippen LogP contribution in [-0.4, -0.2) is 19.5 Å². The molecule has 0 unspecified atom stereocenters. The number of nitrogens with one attached hydrogen (secondary N) is 1. The maximum atomic E-state index is 14.8. The summed E-state index contributed by atoms with van der Waals surface area (Å²) in [4.78, 5) is 42.3. The van der Waals surface area contributed by atoms with Crippen LogP contribution < -0.4 is 11.1 Å². The van der Waals surface area contributed by atoms with E-state index in [0.29, 0.717) is 29.0 Å². The van der Waals surface area contributed by atoms with Crippen molar-refractivity contribution in [1.82, 2.24) is 19.5 Å². The number of nitrogens with zero attached hydrogens (tertiary/aromatic N) is 3. The lowest BCUT2D eigenvalue weighted by Crippen LogP contribution is -2.43. The Bertz CT molecular complexity index is 2120. The van der Waals surface area contributed by atoms with Crippen LogP contribution in [-0.2, 0) is 36.0 Å². The molecular weight excluding hydrogens is 605 g/mol. The third-order valence-electron chi connectivity index (χ3n) is 11.4. The third kappa shape index (κ3) is 4.70. The molecule has 2 fully saturated rings. The van der Waals surface area contributed by atoms with Crippen molar-refractivity contribution in [1.29, 1.82) is 0 Å². The van der Waals surface area contributed by atoms with Crippen molar-refractivity contribution < 1.29 is 4.42 Å². The molecular formula is C39H38N4O3S. The Morgan fingerprint density at radius 2 is 1.36 bits per heavy atom. The molecule has 1 N–H and O–H groups in total. The number of furan rings is 1. The van der Waals surface area contributed by atoms with E-state index in [1.807, 2.05) is 24.3 Å². The summed E-state index contributed by atoms with van der Waals surface area (Å²) in [6.07, 6.45) is 13.2. The monoisotopic (exact) mass is 642 g/mol. The minimum Gasteiger partial charge on any atom is -0.467 e. The largest absolute Gasteiger partial charge is 0.467 e. The van der Waals surface area contributed by atoms with Crippen molar-refractivity contribution in [3.8, 4) is 22.5 Å². The van der Waals surface area contributed by atoms with Crippen molar-refractivity contribution in [3.05, 3.63) is 121 Å². The molecule has 7 nitrogen and oxygen atoms in total. The number of H-pyrrole nitrogens is 1. The molecule has 0 saturated heterocycles. The van der Waals surface area contributed by atoms with Gasteiger partial charge in [-0.3, -0.25) is 14.2 Å². The fourth-order valence-electron chi connectivity index (χ4n) is 9.27. The zero-order valence-corrected chi connectivity index (χ0v) is 27.3. The highest BCUT2D eigenvalue weighted by atomic mass is 32.2. The number of benzene rings is 2. The molecule has 2 spiro atoms. The van der Waals surface area contributed by atoms with E-state index < -0.39 is 0 Å². The van der Waals surface area contributed by atoms with Crippen molar-refractivity contribution in [2.24, 2.45) is 0 Å². The van der Waals surface area contributed by atoms with Gasteiger partial charge in [0.1, 0.15) is 11.6 Å². The fraction of sp³-hybridized carbons (Fsp3) is 0.385. The summed E-state index contributed by atoms with van der Waals surface area (Å²) >= 11 is 1.46. The molecule has 5 aromatic rings. The molecule has 8 heteroatoms. The number of rotatable bonds is 5. The van der Waals surface area contributed by atoms with Crippen molar-refractivity contribution >= 4 is 11.8 Å². The molecule has 47 heavy (non-hydrogen) atoms. The van der Waals surface area contributed by atoms with Crippen molar-refractivity contribution in [2.45, 2.75) is 98.9 Å². The molecule has 3 aromatic heterocycles. The van der Waals surface area contributed by atoms with Gasteiger partial charge in [-0.05, 0) is 61.8 Å². The topological polar surface area (TPSA) is 93.8 Å². The number of hydrogen-bond donors (Lipinski definition) is 1. The second kappa shape index (κ2) is 11.2. The van der Waals surface area contributed by atoms with Crippen LogP contribution in [0.25, 0.3) is 22.5 Å². The Morgan fingerprint density at radius 3 is 2.02 bits per heavy atom. The van der Waals surface area contributed by atoms with Crippen LogP contribution in [0.15, 0.2) is 86.1 Å². The average Bonchev–Trinajstić information content (AvgIpc) is 3.78. The Labute approximate surface area is 277 Å². The first kappa shape index (κ1) is 29.0. The van der Waals surface area contributed by atoms with Crippen LogP contribution in [0.5, 0.6) is 0 Å².